The van der Waals surface area contributed by atoms with Gasteiger partial charge >= 0.3 is 0 Å². The highest BCUT2D eigenvalue weighted by Crippen LogP contribution is 2.33. The van der Waals surface area contributed by atoms with Crippen LogP contribution in [-0.4, -0.2) is 18.0 Å². The molecule has 3 nitrogen and oxygen atoms in total. The number of allylic oxidation sites excluding steroid dienone is 1. The van der Waals surface area contributed by atoms with Gasteiger partial charge in [-0.2, -0.15) is 0 Å². The maximum atomic E-state index is 7.20. The summed E-state index contributed by atoms with van der Waals surface area (Å²) in [6, 6.07) is 6.27. The molecule has 0 aromatic heterocycles. The van der Waals surface area contributed by atoms with E-state index in [1.807, 2.05) is 6.07 Å². The number of amidine groups is 1. The van der Waals surface area contributed by atoms with Crippen molar-refractivity contribution in [2.24, 2.45) is 5.73 Å². The molecule has 0 saturated heterocycles. The van der Waals surface area contributed by atoms with Gasteiger partial charge in [0.05, 0.1) is 7.11 Å². The normalized spacial score (nSPS) is 16.4. The van der Waals surface area contributed by atoms with E-state index in [1.165, 1.54) is 34.9 Å². The minimum atomic E-state index is 0.178. The molecule has 0 fully saturated rings. The van der Waals surface area contributed by atoms with Gasteiger partial charge in [-0.05, 0) is 48.1 Å². The zero-order valence-electron chi connectivity index (χ0n) is 10.5. The summed E-state index contributed by atoms with van der Waals surface area (Å²) in [5.74, 6) is 1.70. The average molecular weight is 262 g/mol. The lowest BCUT2D eigenvalue weighted by Crippen LogP contribution is -2.05. The fourth-order valence-electron chi connectivity index (χ4n) is 2.27. The first-order chi connectivity index (χ1) is 8.70. The molecule has 0 amide bonds. The third-order valence-electron chi connectivity index (χ3n) is 3.12. The van der Waals surface area contributed by atoms with Crippen LogP contribution in [0.5, 0.6) is 5.75 Å². The Morgan fingerprint density at radius 1 is 1.50 bits per heavy atom. The maximum Gasteiger partial charge on any atom is 0.151 e. The van der Waals surface area contributed by atoms with Crippen molar-refractivity contribution < 1.29 is 4.74 Å². The van der Waals surface area contributed by atoms with Crippen LogP contribution in [0.1, 0.15) is 24.0 Å². The van der Waals surface area contributed by atoms with Crippen molar-refractivity contribution in [1.29, 1.82) is 5.41 Å². The van der Waals surface area contributed by atoms with E-state index in [9.17, 15) is 0 Å². The molecule has 2 rings (SSSR count). The van der Waals surface area contributed by atoms with Crippen LogP contribution in [0, 0.1) is 5.41 Å². The molecule has 4 heteroatoms. The molecule has 96 valence electrons. The van der Waals surface area contributed by atoms with Crippen molar-refractivity contribution >= 4 is 22.5 Å². The van der Waals surface area contributed by atoms with Gasteiger partial charge in [0.2, 0.25) is 0 Å². The number of ether oxygens (including phenoxy) is 1. The van der Waals surface area contributed by atoms with Crippen molar-refractivity contribution in [3.05, 3.63) is 35.4 Å². The van der Waals surface area contributed by atoms with Crippen LogP contribution in [0.2, 0.25) is 0 Å². The number of thioether (sulfide) groups is 1. The Hall–Kier alpha value is -1.42. The molecule has 1 aliphatic carbocycles. The van der Waals surface area contributed by atoms with Crippen LogP contribution in [-0.2, 0) is 6.42 Å². The summed E-state index contributed by atoms with van der Waals surface area (Å²) < 4.78 is 5.26. The number of fused-ring (bicyclic) bond motifs is 1. The molecular formula is C14H18N2OS. The molecule has 18 heavy (non-hydrogen) atoms. The number of hydrogen-bond acceptors (Lipinski definition) is 3. The number of aryl methyl sites for hydroxylation is 1. The van der Waals surface area contributed by atoms with Crippen molar-refractivity contribution in [3.63, 3.8) is 0 Å². The van der Waals surface area contributed by atoms with Gasteiger partial charge in [-0.15, -0.1) is 0 Å². The second-order valence-corrected chi connectivity index (χ2v) is 5.34. The lowest BCUT2D eigenvalue weighted by atomic mass is 9.87. The molecule has 0 spiro atoms. The summed E-state index contributed by atoms with van der Waals surface area (Å²) in [5, 5.41) is 7.38. The van der Waals surface area contributed by atoms with E-state index in [-0.39, 0.29) is 5.17 Å². The zero-order valence-corrected chi connectivity index (χ0v) is 11.3. The van der Waals surface area contributed by atoms with Gasteiger partial charge in [-0.3, -0.25) is 5.41 Å². The van der Waals surface area contributed by atoms with Crippen LogP contribution < -0.4 is 10.5 Å². The third-order valence-corrected chi connectivity index (χ3v) is 3.76. The number of nitrogens with two attached hydrogens (primary N) is 1. The van der Waals surface area contributed by atoms with Crippen molar-refractivity contribution in [2.45, 2.75) is 19.3 Å². The molecular weight excluding hydrogens is 244 g/mol. The van der Waals surface area contributed by atoms with E-state index < -0.39 is 0 Å². The van der Waals surface area contributed by atoms with E-state index in [2.05, 4.69) is 18.2 Å². The van der Waals surface area contributed by atoms with E-state index >= 15 is 0 Å². The zero-order chi connectivity index (χ0) is 13.0. The second kappa shape index (κ2) is 5.96. The predicted octanol–water partition coefficient (Wildman–Crippen LogP) is 3.04. The number of methoxy groups -OCH3 is 1. The molecule has 0 bridgehead atoms. The van der Waals surface area contributed by atoms with Gasteiger partial charge in [-0.25, -0.2) is 0 Å². The SMILES string of the molecule is COc1ccc2c(c1)CCC/C2=C\CSC(=N)N. The monoisotopic (exact) mass is 262 g/mol. The third kappa shape index (κ3) is 3.07. The number of hydrogen-bond donors (Lipinski definition) is 2. The average Bonchev–Trinajstić information content (AvgIpc) is 2.38. The quantitative estimate of drug-likeness (QED) is 0.650. The van der Waals surface area contributed by atoms with Gasteiger partial charge in [-0.1, -0.05) is 23.9 Å². The Morgan fingerprint density at radius 2 is 2.33 bits per heavy atom. The first-order valence-corrected chi connectivity index (χ1v) is 7.02. The number of benzene rings is 1. The fourth-order valence-corrected chi connectivity index (χ4v) is 2.73. The minimum Gasteiger partial charge on any atom is -0.497 e. The molecule has 0 saturated carbocycles. The summed E-state index contributed by atoms with van der Waals surface area (Å²) in [6.45, 7) is 0. The van der Waals surface area contributed by atoms with Crippen molar-refractivity contribution in [3.8, 4) is 5.75 Å². The van der Waals surface area contributed by atoms with E-state index in [1.54, 1.807) is 7.11 Å². The molecule has 1 aromatic carbocycles. The Kier molecular flexibility index (Phi) is 4.31. The fraction of sp³-hybridized carbons (Fsp3) is 0.357. The van der Waals surface area contributed by atoms with Crippen LogP contribution in [0.3, 0.4) is 0 Å². The summed E-state index contributed by atoms with van der Waals surface area (Å²) >= 11 is 1.37. The first-order valence-electron chi connectivity index (χ1n) is 6.04. The Morgan fingerprint density at radius 3 is 3.06 bits per heavy atom. The summed E-state index contributed by atoms with van der Waals surface area (Å²) in [6.07, 6.45) is 5.59. The minimum absolute atomic E-state index is 0.178. The molecule has 0 heterocycles. The lowest BCUT2D eigenvalue weighted by Gasteiger charge is -2.19. The lowest BCUT2D eigenvalue weighted by molar-refractivity contribution is 0.414. The van der Waals surface area contributed by atoms with Gasteiger partial charge in [0.1, 0.15) is 5.75 Å². The standard InChI is InChI=1S/C14H18N2OS/c1-17-12-5-6-13-10(7-8-18-14(15)16)3-2-4-11(13)9-12/h5-7,9H,2-4,8H2,1H3,(H3,15,16)/b10-7+. The maximum absolute atomic E-state index is 7.20. The molecule has 3 N–H and O–H groups in total. The van der Waals surface area contributed by atoms with E-state index in [0.717, 1.165) is 24.3 Å². The Balaban J connectivity index is 2.19. The van der Waals surface area contributed by atoms with Crippen LogP contribution >= 0.6 is 11.8 Å². The van der Waals surface area contributed by atoms with Crippen LogP contribution in [0.15, 0.2) is 24.3 Å². The highest BCUT2D eigenvalue weighted by Gasteiger charge is 2.14. The topological polar surface area (TPSA) is 59.1 Å². The van der Waals surface area contributed by atoms with Gasteiger partial charge in [0.25, 0.3) is 0 Å². The van der Waals surface area contributed by atoms with E-state index in [0.29, 0.717) is 0 Å². The molecule has 1 aromatic rings. The molecule has 1 aliphatic rings. The first kappa shape index (κ1) is 13.0. The smallest absolute Gasteiger partial charge is 0.151 e. The molecule has 0 radical (unpaired) electrons. The largest absolute Gasteiger partial charge is 0.497 e. The van der Waals surface area contributed by atoms with E-state index in [4.69, 9.17) is 15.9 Å². The summed E-state index contributed by atoms with van der Waals surface area (Å²) in [4.78, 5) is 0. The summed E-state index contributed by atoms with van der Waals surface area (Å²) in [5.41, 5.74) is 9.40. The molecule has 0 atom stereocenters. The predicted molar refractivity (Wildman–Crippen MR) is 78.3 cm³/mol. The number of nitrogens with one attached hydrogen (secondary N) is 1. The highest BCUT2D eigenvalue weighted by molar-refractivity contribution is 8.13. The molecule has 0 unspecified atom stereocenters. The number of rotatable bonds is 3. The van der Waals surface area contributed by atoms with Gasteiger partial charge in [0, 0.05) is 5.75 Å². The van der Waals surface area contributed by atoms with Gasteiger partial charge < -0.3 is 10.5 Å². The van der Waals surface area contributed by atoms with Crippen LogP contribution in [0.25, 0.3) is 5.57 Å². The Bertz CT molecular complexity index is 483. The van der Waals surface area contributed by atoms with Crippen molar-refractivity contribution in [2.75, 3.05) is 12.9 Å². The van der Waals surface area contributed by atoms with Crippen LogP contribution in [0.4, 0.5) is 0 Å². The van der Waals surface area contributed by atoms with Crippen molar-refractivity contribution in [1.82, 2.24) is 0 Å². The Labute approximate surface area is 112 Å². The summed E-state index contributed by atoms with van der Waals surface area (Å²) in [7, 11) is 1.70. The molecule has 0 aliphatic heterocycles. The second-order valence-electron chi connectivity index (χ2n) is 4.28. The highest BCUT2D eigenvalue weighted by atomic mass is 32.2. The van der Waals surface area contributed by atoms with Gasteiger partial charge in [0.15, 0.2) is 5.17 Å².